The van der Waals surface area contributed by atoms with Crippen molar-refractivity contribution >= 4 is 16.8 Å². The van der Waals surface area contributed by atoms with Gasteiger partial charge in [-0.3, -0.25) is 25.2 Å². The maximum Gasteiger partial charge on any atom is 0.247 e. The molecular weight excluding hydrogens is 638 g/mol. The van der Waals surface area contributed by atoms with Crippen LogP contribution in [0, 0.1) is 6.92 Å². The Morgan fingerprint density at radius 3 is 2.31 bits per heavy atom. The Kier molecular flexibility index (Phi) is 12.2. The SMILES string of the molecule is Cc1[nH]c2ccccc2c1CCN(CCOc1ccc(-c2ccc(CC(O)NCc3ccccc3)nc2)cc1)Cc1ccc(CC(=O)NO)cc1. The molecule has 0 fully saturated rings. The Bertz CT molecular complexity index is 1980. The monoisotopic (exact) mass is 683 g/mol. The third-order valence-corrected chi connectivity index (χ3v) is 9.10. The standard InChI is InChI=1S/C42H45N5O4/c1-30-38(39-9-5-6-10-40(39)45-30)21-22-47(29-33-13-11-31(12-14-33)25-42(49)46-50)23-24-51-37-19-16-34(17-20-37)35-15-18-36(43-28-35)26-41(48)44-27-32-7-3-2-4-8-32/h2-20,28,41,44-45,48,50H,21-27,29H2,1H3,(H,46,49). The molecule has 6 rings (SSSR count). The second kappa shape index (κ2) is 17.6. The van der Waals surface area contributed by atoms with E-state index in [9.17, 15) is 9.90 Å². The molecule has 0 radical (unpaired) electrons. The number of nitrogens with zero attached hydrogens (tertiary/aromatic N) is 2. The number of aliphatic hydroxyl groups is 1. The quantitative estimate of drug-likeness (QED) is 0.0431. The lowest BCUT2D eigenvalue weighted by Crippen LogP contribution is -2.30. The Labute approximate surface area is 298 Å². The number of aromatic nitrogens is 2. The topological polar surface area (TPSA) is 123 Å². The number of pyridine rings is 1. The number of benzene rings is 4. The van der Waals surface area contributed by atoms with Crippen LogP contribution in [0.25, 0.3) is 22.0 Å². The van der Waals surface area contributed by atoms with Crippen LogP contribution < -0.4 is 15.5 Å². The van der Waals surface area contributed by atoms with Crippen LogP contribution in [0.15, 0.2) is 121 Å². The Morgan fingerprint density at radius 2 is 1.57 bits per heavy atom. The van der Waals surface area contributed by atoms with Gasteiger partial charge >= 0.3 is 0 Å². The van der Waals surface area contributed by atoms with Crippen molar-refractivity contribution in [1.29, 1.82) is 0 Å². The number of carbonyl (C=O) groups is 1. The number of hydrogen-bond donors (Lipinski definition) is 5. The number of carbonyl (C=O) groups excluding carboxylic acids is 1. The van der Waals surface area contributed by atoms with Crippen molar-refractivity contribution in [1.82, 2.24) is 25.7 Å². The van der Waals surface area contributed by atoms with Crippen molar-refractivity contribution in [2.75, 3.05) is 19.7 Å². The van der Waals surface area contributed by atoms with E-state index in [2.05, 4.69) is 51.4 Å². The number of aryl methyl sites for hydroxylation is 1. The van der Waals surface area contributed by atoms with Crippen LogP contribution in [0.3, 0.4) is 0 Å². The molecular formula is C42H45N5O4. The fourth-order valence-corrected chi connectivity index (χ4v) is 6.30. The number of hydrogen-bond acceptors (Lipinski definition) is 7. The summed E-state index contributed by atoms with van der Waals surface area (Å²) < 4.78 is 6.22. The predicted molar refractivity (Wildman–Crippen MR) is 200 cm³/mol. The second-order valence-electron chi connectivity index (χ2n) is 12.8. The summed E-state index contributed by atoms with van der Waals surface area (Å²) >= 11 is 0. The molecule has 1 unspecified atom stereocenters. The van der Waals surface area contributed by atoms with Gasteiger partial charge in [0.2, 0.25) is 5.91 Å². The van der Waals surface area contributed by atoms with Gasteiger partial charge in [-0.05, 0) is 65.4 Å². The molecule has 1 atom stereocenters. The molecule has 2 aromatic heterocycles. The van der Waals surface area contributed by atoms with Crippen molar-refractivity contribution in [3.8, 4) is 16.9 Å². The zero-order chi connectivity index (χ0) is 35.4. The number of ether oxygens (including phenoxy) is 1. The highest BCUT2D eigenvalue weighted by molar-refractivity contribution is 5.84. The van der Waals surface area contributed by atoms with Crippen LogP contribution in [0.4, 0.5) is 0 Å². The fraction of sp³-hybridized carbons (Fsp3) is 0.238. The minimum absolute atomic E-state index is 0.131. The molecule has 1 amide bonds. The Balaban J connectivity index is 1.03. The molecule has 6 aromatic rings. The molecule has 5 N–H and O–H groups in total. The van der Waals surface area contributed by atoms with Crippen molar-refractivity contribution in [3.05, 3.63) is 155 Å². The highest BCUT2D eigenvalue weighted by Crippen LogP contribution is 2.24. The van der Waals surface area contributed by atoms with Crippen LogP contribution in [0.5, 0.6) is 5.75 Å². The maximum atomic E-state index is 11.6. The Hall–Kier alpha value is -5.32. The number of aliphatic hydroxyl groups excluding tert-OH is 1. The fourth-order valence-electron chi connectivity index (χ4n) is 6.30. The largest absolute Gasteiger partial charge is 0.492 e. The van der Waals surface area contributed by atoms with Gasteiger partial charge in [0, 0.05) is 66.7 Å². The molecule has 2 heterocycles. The van der Waals surface area contributed by atoms with E-state index in [1.54, 1.807) is 5.48 Å². The molecule has 0 aliphatic carbocycles. The highest BCUT2D eigenvalue weighted by atomic mass is 16.5. The van der Waals surface area contributed by atoms with Crippen molar-refractivity contribution in [2.45, 2.75) is 45.5 Å². The third kappa shape index (κ3) is 10.1. The van der Waals surface area contributed by atoms with E-state index in [4.69, 9.17) is 9.94 Å². The lowest BCUT2D eigenvalue weighted by molar-refractivity contribution is -0.128. The number of hydroxylamine groups is 1. The first-order valence-corrected chi connectivity index (χ1v) is 17.4. The number of para-hydroxylation sites is 1. The zero-order valence-electron chi connectivity index (χ0n) is 28.9. The second-order valence-corrected chi connectivity index (χ2v) is 12.8. The van der Waals surface area contributed by atoms with Gasteiger partial charge in [-0.2, -0.15) is 0 Å². The van der Waals surface area contributed by atoms with Crippen LogP contribution in [-0.2, 0) is 37.1 Å². The number of aromatic amines is 1. The summed E-state index contributed by atoms with van der Waals surface area (Å²) in [4.78, 5) is 22.1. The first kappa shape index (κ1) is 35.5. The first-order valence-electron chi connectivity index (χ1n) is 17.4. The van der Waals surface area contributed by atoms with Gasteiger partial charge < -0.3 is 14.8 Å². The van der Waals surface area contributed by atoms with E-state index in [0.29, 0.717) is 19.6 Å². The number of H-pyrrole nitrogens is 1. The number of nitrogens with one attached hydrogen (secondary N) is 3. The van der Waals surface area contributed by atoms with Gasteiger partial charge in [0.1, 0.15) is 18.6 Å². The van der Waals surface area contributed by atoms with E-state index in [0.717, 1.165) is 70.8 Å². The average Bonchev–Trinajstić information content (AvgIpc) is 3.49. The normalized spacial score (nSPS) is 11.9. The van der Waals surface area contributed by atoms with Crippen LogP contribution in [0.1, 0.15) is 33.6 Å². The lowest BCUT2D eigenvalue weighted by atomic mass is 10.1. The van der Waals surface area contributed by atoms with Crippen molar-refractivity contribution in [3.63, 3.8) is 0 Å². The highest BCUT2D eigenvalue weighted by Gasteiger charge is 2.13. The predicted octanol–water partition coefficient (Wildman–Crippen LogP) is 6.36. The van der Waals surface area contributed by atoms with Gasteiger partial charge in [-0.25, -0.2) is 5.48 Å². The maximum absolute atomic E-state index is 11.6. The van der Waals surface area contributed by atoms with E-state index in [1.165, 1.54) is 16.6 Å². The molecule has 0 aliphatic heterocycles. The summed E-state index contributed by atoms with van der Waals surface area (Å²) in [7, 11) is 0. The smallest absolute Gasteiger partial charge is 0.247 e. The minimum atomic E-state index is -0.679. The van der Waals surface area contributed by atoms with Gasteiger partial charge in [0.15, 0.2) is 0 Å². The van der Waals surface area contributed by atoms with Gasteiger partial charge in [-0.15, -0.1) is 0 Å². The molecule has 0 aliphatic rings. The van der Waals surface area contributed by atoms with Crippen LogP contribution in [-0.4, -0.2) is 57.0 Å². The lowest BCUT2D eigenvalue weighted by Gasteiger charge is -2.23. The van der Waals surface area contributed by atoms with E-state index < -0.39 is 12.1 Å². The third-order valence-electron chi connectivity index (χ3n) is 9.10. The number of rotatable bonds is 17. The Morgan fingerprint density at radius 1 is 0.843 bits per heavy atom. The molecule has 0 saturated heterocycles. The van der Waals surface area contributed by atoms with Crippen LogP contribution >= 0.6 is 0 Å². The van der Waals surface area contributed by atoms with Crippen LogP contribution in [0.2, 0.25) is 0 Å². The summed E-state index contributed by atoms with van der Waals surface area (Å²) in [6, 6.07) is 38.4. The molecule has 4 aromatic carbocycles. The van der Waals surface area contributed by atoms with Crippen molar-refractivity contribution in [2.24, 2.45) is 0 Å². The molecule has 262 valence electrons. The minimum Gasteiger partial charge on any atom is -0.492 e. The summed E-state index contributed by atoms with van der Waals surface area (Å²) in [5.74, 6) is 0.368. The molecule has 0 bridgehead atoms. The number of amides is 1. The molecule has 0 spiro atoms. The molecule has 51 heavy (non-hydrogen) atoms. The van der Waals surface area contributed by atoms with E-state index >= 15 is 0 Å². The van der Waals surface area contributed by atoms with Gasteiger partial charge in [0.25, 0.3) is 0 Å². The zero-order valence-corrected chi connectivity index (χ0v) is 28.9. The average molecular weight is 684 g/mol. The molecule has 9 nitrogen and oxygen atoms in total. The summed E-state index contributed by atoms with van der Waals surface area (Å²) in [6.07, 6.45) is 2.62. The summed E-state index contributed by atoms with van der Waals surface area (Å²) in [5, 5.41) is 23.7. The van der Waals surface area contributed by atoms with Crippen molar-refractivity contribution < 1.29 is 19.8 Å². The summed E-state index contributed by atoms with van der Waals surface area (Å²) in [5.41, 5.74) is 11.3. The van der Waals surface area contributed by atoms with E-state index in [1.807, 2.05) is 97.2 Å². The van der Waals surface area contributed by atoms with Gasteiger partial charge in [-0.1, -0.05) is 91.0 Å². The molecule has 9 heteroatoms. The summed E-state index contributed by atoms with van der Waals surface area (Å²) in [6.45, 7) is 5.57. The number of fused-ring (bicyclic) bond motifs is 1. The van der Waals surface area contributed by atoms with E-state index in [-0.39, 0.29) is 6.42 Å². The molecule has 0 saturated carbocycles. The first-order chi connectivity index (χ1) is 24.9. The van der Waals surface area contributed by atoms with Gasteiger partial charge in [0.05, 0.1) is 6.42 Å².